The highest BCUT2D eigenvalue weighted by Crippen LogP contribution is 2.31. The van der Waals surface area contributed by atoms with E-state index in [0.717, 1.165) is 16.8 Å². The van der Waals surface area contributed by atoms with Crippen LogP contribution in [0.3, 0.4) is 0 Å². The number of nitrogens with one attached hydrogen (secondary N) is 2. The molecule has 1 heterocycles. The molecule has 2 N–H and O–H groups in total. The lowest BCUT2D eigenvalue weighted by Gasteiger charge is -2.29. The zero-order valence-electron chi connectivity index (χ0n) is 17.8. The van der Waals surface area contributed by atoms with Crippen molar-refractivity contribution in [2.45, 2.75) is 32.4 Å². The highest BCUT2D eigenvalue weighted by molar-refractivity contribution is 6.04. The van der Waals surface area contributed by atoms with Gasteiger partial charge in [0.05, 0.1) is 24.0 Å². The molecule has 1 aliphatic heterocycles. The van der Waals surface area contributed by atoms with Crippen LogP contribution in [-0.2, 0) is 9.59 Å². The monoisotopic (exact) mass is 413 g/mol. The van der Waals surface area contributed by atoms with Gasteiger partial charge in [-0.2, -0.15) is 0 Å². The minimum absolute atomic E-state index is 0.0653. The number of nitrogens with zero attached hydrogens (tertiary/aromatic N) is 1. The van der Waals surface area contributed by atoms with Gasteiger partial charge in [-0.3, -0.25) is 14.9 Å². The first-order valence-electron chi connectivity index (χ1n) is 10.6. The number of aryl methyl sites for hydroxylation is 1. The van der Waals surface area contributed by atoms with Gasteiger partial charge in [0.1, 0.15) is 0 Å². The third-order valence-electron chi connectivity index (χ3n) is 5.63. The molecule has 0 aromatic heterocycles. The molecule has 0 bridgehead atoms. The van der Waals surface area contributed by atoms with Crippen LogP contribution in [0, 0.1) is 6.92 Å². The number of fused-ring (bicyclic) bond motifs is 1. The molecule has 0 radical (unpaired) electrons. The number of hydrogen-bond acceptors (Lipinski definition) is 3. The Labute approximate surface area is 183 Å². The van der Waals surface area contributed by atoms with Crippen LogP contribution in [0.25, 0.3) is 0 Å². The zero-order valence-corrected chi connectivity index (χ0v) is 17.8. The third-order valence-corrected chi connectivity index (χ3v) is 5.63. The van der Waals surface area contributed by atoms with Crippen LogP contribution in [0.15, 0.2) is 78.9 Å². The van der Waals surface area contributed by atoms with Gasteiger partial charge in [-0.25, -0.2) is 0 Å². The molecule has 0 fully saturated rings. The molecule has 3 aromatic carbocycles. The van der Waals surface area contributed by atoms with Gasteiger partial charge < -0.3 is 10.2 Å². The molecular formula is C26H27N3O2. The lowest BCUT2D eigenvalue weighted by molar-refractivity contribution is -0.118. The summed E-state index contributed by atoms with van der Waals surface area (Å²) in [6, 6.07) is 25.6. The molecule has 0 unspecified atom stereocenters. The van der Waals surface area contributed by atoms with Gasteiger partial charge in [0.2, 0.25) is 11.8 Å². The van der Waals surface area contributed by atoms with E-state index in [1.807, 2.05) is 49.4 Å². The van der Waals surface area contributed by atoms with E-state index in [2.05, 4.69) is 54.0 Å². The van der Waals surface area contributed by atoms with Crippen LogP contribution in [0.2, 0.25) is 0 Å². The average Bonchev–Trinajstić information content (AvgIpc) is 2.90. The normalized spacial score (nSPS) is 16.8. The third kappa shape index (κ3) is 4.67. The number of para-hydroxylation sites is 2. The summed E-state index contributed by atoms with van der Waals surface area (Å²) in [5, 5.41) is 6.36. The van der Waals surface area contributed by atoms with Crippen molar-refractivity contribution >= 4 is 23.2 Å². The highest BCUT2D eigenvalue weighted by Gasteiger charge is 2.29. The predicted molar refractivity (Wildman–Crippen MR) is 124 cm³/mol. The highest BCUT2D eigenvalue weighted by atomic mass is 16.2. The summed E-state index contributed by atoms with van der Waals surface area (Å²) in [5.41, 5.74) is 4.80. The van der Waals surface area contributed by atoms with E-state index in [9.17, 15) is 9.59 Å². The second kappa shape index (κ2) is 9.14. The van der Waals surface area contributed by atoms with E-state index in [4.69, 9.17) is 0 Å². The van der Waals surface area contributed by atoms with Crippen molar-refractivity contribution in [2.75, 3.05) is 16.8 Å². The van der Waals surface area contributed by atoms with Crippen LogP contribution < -0.4 is 15.5 Å². The maximum atomic E-state index is 13.4. The summed E-state index contributed by atoms with van der Waals surface area (Å²) in [7, 11) is 0. The summed E-state index contributed by atoms with van der Waals surface area (Å²) < 4.78 is 0. The van der Waals surface area contributed by atoms with E-state index in [-0.39, 0.29) is 36.9 Å². The molecule has 0 aliphatic carbocycles. The second-order valence-corrected chi connectivity index (χ2v) is 8.02. The second-order valence-electron chi connectivity index (χ2n) is 8.02. The first-order chi connectivity index (χ1) is 15.0. The van der Waals surface area contributed by atoms with Crippen LogP contribution in [0.5, 0.6) is 0 Å². The minimum Gasteiger partial charge on any atom is -0.324 e. The molecule has 5 nitrogen and oxygen atoms in total. The predicted octanol–water partition coefficient (Wildman–Crippen LogP) is 4.44. The maximum Gasteiger partial charge on any atom is 0.241 e. The first kappa shape index (κ1) is 20.8. The van der Waals surface area contributed by atoms with Crippen LogP contribution in [0.1, 0.15) is 36.1 Å². The Morgan fingerprint density at radius 1 is 1.00 bits per heavy atom. The lowest BCUT2D eigenvalue weighted by Crippen LogP contribution is -2.44. The molecule has 158 valence electrons. The Kier molecular flexibility index (Phi) is 6.14. The average molecular weight is 414 g/mol. The van der Waals surface area contributed by atoms with Crippen LogP contribution in [0.4, 0.5) is 11.4 Å². The standard InChI is InChI=1S/C26H27N3O2/c1-18-12-14-21(15-13-18)26(20-8-4-3-5-9-20)27-17-25(31)29-19(2)16-24(30)28-22-10-6-7-11-23(22)29/h3-15,19,26-27H,16-17H2,1-2H3,(H,28,30)/t19-,26-/m1/s1. The van der Waals surface area contributed by atoms with E-state index in [1.165, 1.54) is 5.56 Å². The molecule has 0 saturated heterocycles. The molecule has 3 aromatic rings. The summed E-state index contributed by atoms with van der Waals surface area (Å²) in [4.78, 5) is 27.3. The molecule has 2 atom stereocenters. The number of carbonyl (C=O) groups is 2. The fourth-order valence-corrected chi connectivity index (χ4v) is 4.07. The Balaban J connectivity index is 1.59. The van der Waals surface area contributed by atoms with E-state index >= 15 is 0 Å². The minimum atomic E-state index is -0.229. The zero-order chi connectivity index (χ0) is 21.8. The van der Waals surface area contributed by atoms with Crippen molar-refractivity contribution in [1.29, 1.82) is 0 Å². The smallest absolute Gasteiger partial charge is 0.241 e. The van der Waals surface area contributed by atoms with Gasteiger partial charge in [0.25, 0.3) is 0 Å². The van der Waals surface area contributed by atoms with Crippen molar-refractivity contribution in [3.63, 3.8) is 0 Å². The van der Waals surface area contributed by atoms with Crippen molar-refractivity contribution in [3.05, 3.63) is 95.6 Å². The number of anilines is 2. The SMILES string of the molecule is Cc1ccc([C@H](NCC(=O)N2c3ccccc3NC(=O)C[C@H]2C)c2ccccc2)cc1. The fraction of sp³-hybridized carbons (Fsp3) is 0.231. The topological polar surface area (TPSA) is 61.4 Å². The van der Waals surface area contributed by atoms with Crippen molar-refractivity contribution < 1.29 is 9.59 Å². The number of benzene rings is 3. The molecule has 5 heteroatoms. The van der Waals surface area contributed by atoms with Crippen LogP contribution in [-0.4, -0.2) is 24.4 Å². The maximum absolute atomic E-state index is 13.4. The van der Waals surface area contributed by atoms with Crippen molar-refractivity contribution in [3.8, 4) is 0 Å². The number of carbonyl (C=O) groups excluding carboxylic acids is 2. The van der Waals surface area contributed by atoms with Gasteiger partial charge in [0.15, 0.2) is 0 Å². The van der Waals surface area contributed by atoms with Gasteiger partial charge in [-0.05, 0) is 37.1 Å². The summed E-state index contributed by atoms with van der Waals surface area (Å²) in [6.45, 7) is 4.13. The van der Waals surface area contributed by atoms with Crippen molar-refractivity contribution in [1.82, 2.24) is 5.32 Å². The number of amides is 2. The quantitative estimate of drug-likeness (QED) is 0.650. The summed E-state index contributed by atoms with van der Waals surface area (Å²) >= 11 is 0. The van der Waals surface area contributed by atoms with E-state index in [1.54, 1.807) is 4.90 Å². The number of hydrogen-bond donors (Lipinski definition) is 2. The van der Waals surface area contributed by atoms with Crippen molar-refractivity contribution in [2.24, 2.45) is 0 Å². The molecule has 2 amide bonds. The van der Waals surface area contributed by atoms with Crippen LogP contribution >= 0.6 is 0 Å². The Bertz CT molecular complexity index is 1060. The van der Waals surface area contributed by atoms with Gasteiger partial charge in [0, 0.05) is 12.5 Å². The molecular weight excluding hydrogens is 386 g/mol. The summed E-state index contributed by atoms with van der Waals surface area (Å²) in [5.74, 6) is -0.144. The largest absolute Gasteiger partial charge is 0.324 e. The molecule has 1 aliphatic rings. The Morgan fingerprint density at radius 2 is 1.65 bits per heavy atom. The Hall–Kier alpha value is -3.44. The molecule has 31 heavy (non-hydrogen) atoms. The van der Waals surface area contributed by atoms with E-state index < -0.39 is 0 Å². The Morgan fingerprint density at radius 3 is 2.39 bits per heavy atom. The van der Waals surface area contributed by atoms with E-state index in [0.29, 0.717) is 5.69 Å². The number of rotatable bonds is 5. The molecule has 0 saturated carbocycles. The molecule has 0 spiro atoms. The fourth-order valence-electron chi connectivity index (χ4n) is 4.07. The lowest BCUT2D eigenvalue weighted by atomic mass is 9.98. The van der Waals surface area contributed by atoms with Gasteiger partial charge in [-0.1, -0.05) is 72.3 Å². The first-order valence-corrected chi connectivity index (χ1v) is 10.6. The summed E-state index contributed by atoms with van der Waals surface area (Å²) in [6.07, 6.45) is 0.264. The van der Waals surface area contributed by atoms with Gasteiger partial charge >= 0.3 is 0 Å². The van der Waals surface area contributed by atoms with Gasteiger partial charge in [-0.15, -0.1) is 0 Å². The molecule has 4 rings (SSSR count).